The zero-order chi connectivity index (χ0) is 8.27. The molecule has 0 spiro atoms. The molecule has 56 valence electrons. The minimum atomic E-state index is 0.729. The smallest absolute Gasteiger partial charge is 0.0991 e. The first-order valence-electron chi connectivity index (χ1n) is 3.33. The Bertz CT molecular complexity index is 299. The average molecular weight is 210 g/mol. The highest BCUT2D eigenvalue weighted by Gasteiger charge is 1.96. The van der Waals surface area contributed by atoms with E-state index in [0.29, 0.717) is 0 Å². The largest absolute Gasteiger partial charge is 0.192 e. The SMILES string of the molecule is Cc1cc(C#N)ccc1CBr. The van der Waals surface area contributed by atoms with Crippen molar-refractivity contribution in [3.05, 3.63) is 34.9 Å². The Balaban J connectivity index is 3.12. The van der Waals surface area contributed by atoms with Gasteiger partial charge in [-0.25, -0.2) is 0 Å². The quantitative estimate of drug-likeness (QED) is 0.653. The minimum absolute atomic E-state index is 0.729. The molecular weight excluding hydrogens is 202 g/mol. The maximum Gasteiger partial charge on any atom is 0.0991 e. The van der Waals surface area contributed by atoms with Crippen LogP contribution in [0.15, 0.2) is 18.2 Å². The van der Waals surface area contributed by atoms with Gasteiger partial charge in [0.1, 0.15) is 0 Å². The average Bonchev–Trinajstić information content (AvgIpc) is 2.04. The molecule has 0 saturated carbocycles. The van der Waals surface area contributed by atoms with E-state index in [1.807, 2.05) is 25.1 Å². The number of alkyl halides is 1. The predicted octanol–water partition coefficient (Wildman–Crippen LogP) is 2.76. The highest BCUT2D eigenvalue weighted by Crippen LogP contribution is 2.13. The Morgan fingerprint density at radius 2 is 2.27 bits per heavy atom. The lowest BCUT2D eigenvalue weighted by Crippen LogP contribution is -1.85. The van der Waals surface area contributed by atoms with Crippen LogP contribution in [0.5, 0.6) is 0 Å². The number of benzene rings is 1. The van der Waals surface area contributed by atoms with Crippen molar-refractivity contribution in [3.8, 4) is 6.07 Å². The van der Waals surface area contributed by atoms with Crippen molar-refractivity contribution in [1.82, 2.24) is 0 Å². The summed E-state index contributed by atoms with van der Waals surface area (Å²) < 4.78 is 0. The molecule has 0 atom stereocenters. The van der Waals surface area contributed by atoms with Crippen molar-refractivity contribution >= 4 is 15.9 Å². The standard InChI is InChI=1S/C9H8BrN/c1-7-4-8(6-11)2-3-9(7)5-10/h2-4H,5H2,1H3. The van der Waals surface area contributed by atoms with Gasteiger partial charge in [0.25, 0.3) is 0 Å². The van der Waals surface area contributed by atoms with E-state index in [-0.39, 0.29) is 0 Å². The first-order valence-corrected chi connectivity index (χ1v) is 4.45. The summed E-state index contributed by atoms with van der Waals surface area (Å²) in [5.41, 5.74) is 3.14. The topological polar surface area (TPSA) is 23.8 Å². The molecule has 1 aromatic carbocycles. The third-order valence-corrected chi connectivity index (χ3v) is 2.22. The van der Waals surface area contributed by atoms with E-state index in [0.717, 1.165) is 10.9 Å². The zero-order valence-electron chi connectivity index (χ0n) is 6.26. The van der Waals surface area contributed by atoms with Crippen molar-refractivity contribution in [3.63, 3.8) is 0 Å². The molecule has 11 heavy (non-hydrogen) atoms. The van der Waals surface area contributed by atoms with E-state index < -0.39 is 0 Å². The molecule has 0 aliphatic carbocycles. The number of hydrogen-bond donors (Lipinski definition) is 0. The van der Waals surface area contributed by atoms with Gasteiger partial charge in [-0.2, -0.15) is 5.26 Å². The summed E-state index contributed by atoms with van der Waals surface area (Å²) >= 11 is 3.37. The fraction of sp³-hybridized carbons (Fsp3) is 0.222. The van der Waals surface area contributed by atoms with E-state index in [2.05, 4.69) is 22.0 Å². The van der Waals surface area contributed by atoms with Crippen LogP contribution in [0.4, 0.5) is 0 Å². The first kappa shape index (κ1) is 8.29. The molecule has 0 bridgehead atoms. The molecule has 0 fully saturated rings. The van der Waals surface area contributed by atoms with Crippen molar-refractivity contribution in [1.29, 1.82) is 5.26 Å². The summed E-state index contributed by atoms with van der Waals surface area (Å²) in [6, 6.07) is 7.81. The Morgan fingerprint density at radius 3 is 2.73 bits per heavy atom. The second-order valence-electron chi connectivity index (χ2n) is 2.39. The van der Waals surface area contributed by atoms with Crippen molar-refractivity contribution in [2.45, 2.75) is 12.3 Å². The third-order valence-electron chi connectivity index (χ3n) is 1.62. The summed E-state index contributed by atoms with van der Waals surface area (Å²) in [7, 11) is 0. The Morgan fingerprint density at radius 1 is 1.55 bits per heavy atom. The number of halogens is 1. The van der Waals surface area contributed by atoms with Crippen LogP contribution in [0.1, 0.15) is 16.7 Å². The Hall–Kier alpha value is -0.810. The van der Waals surface area contributed by atoms with Crippen molar-refractivity contribution in [2.75, 3.05) is 0 Å². The molecule has 1 aromatic rings. The van der Waals surface area contributed by atoms with Gasteiger partial charge in [-0.3, -0.25) is 0 Å². The molecule has 0 heterocycles. The molecule has 2 heteroatoms. The summed E-state index contributed by atoms with van der Waals surface area (Å²) in [5.74, 6) is 0. The van der Waals surface area contributed by atoms with E-state index in [1.165, 1.54) is 11.1 Å². The van der Waals surface area contributed by atoms with Crippen LogP contribution in [0.25, 0.3) is 0 Å². The molecule has 0 aromatic heterocycles. The molecule has 0 N–H and O–H groups in total. The number of rotatable bonds is 1. The lowest BCUT2D eigenvalue weighted by molar-refractivity contribution is 1.31. The molecule has 0 aliphatic heterocycles. The number of hydrogen-bond acceptors (Lipinski definition) is 1. The normalized spacial score (nSPS) is 9.18. The molecule has 0 unspecified atom stereocenters. The van der Waals surface area contributed by atoms with Gasteiger partial charge < -0.3 is 0 Å². The predicted molar refractivity (Wildman–Crippen MR) is 48.5 cm³/mol. The fourth-order valence-corrected chi connectivity index (χ4v) is 1.54. The molecule has 1 nitrogen and oxygen atoms in total. The number of nitriles is 1. The Kier molecular flexibility index (Phi) is 2.67. The van der Waals surface area contributed by atoms with Crippen molar-refractivity contribution in [2.24, 2.45) is 0 Å². The first-order chi connectivity index (χ1) is 5.27. The molecule has 0 radical (unpaired) electrons. The van der Waals surface area contributed by atoms with Crippen LogP contribution >= 0.6 is 15.9 Å². The van der Waals surface area contributed by atoms with Gasteiger partial charge >= 0.3 is 0 Å². The summed E-state index contributed by atoms with van der Waals surface area (Å²) in [6.07, 6.45) is 0. The van der Waals surface area contributed by atoms with Gasteiger partial charge in [0.2, 0.25) is 0 Å². The van der Waals surface area contributed by atoms with Crippen LogP contribution < -0.4 is 0 Å². The maximum atomic E-state index is 8.56. The summed E-state index contributed by atoms with van der Waals surface area (Å²) in [4.78, 5) is 0. The van der Waals surface area contributed by atoms with E-state index in [9.17, 15) is 0 Å². The van der Waals surface area contributed by atoms with Crippen LogP contribution in [0.3, 0.4) is 0 Å². The van der Waals surface area contributed by atoms with Gasteiger partial charge in [-0.15, -0.1) is 0 Å². The van der Waals surface area contributed by atoms with Crippen LogP contribution in [-0.2, 0) is 5.33 Å². The fourth-order valence-electron chi connectivity index (χ4n) is 0.915. The number of nitrogens with zero attached hydrogens (tertiary/aromatic N) is 1. The molecule has 0 saturated heterocycles. The van der Waals surface area contributed by atoms with Crippen molar-refractivity contribution < 1.29 is 0 Å². The van der Waals surface area contributed by atoms with Crippen LogP contribution in [0, 0.1) is 18.3 Å². The minimum Gasteiger partial charge on any atom is -0.192 e. The van der Waals surface area contributed by atoms with Gasteiger partial charge in [-0.05, 0) is 30.2 Å². The summed E-state index contributed by atoms with van der Waals surface area (Å²) in [5, 5.41) is 9.42. The molecule has 0 aliphatic rings. The second kappa shape index (κ2) is 3.54. The molecular formula is C9H8BrN. The molecule has 0 amide bonds. The Labute approximate surface area is 74.8 Å². The van der Waals surface area contributed by atoms with Gasteiger partial charge in [0.15, 0.2) is 0 Å². The second-order valence-corrected chi connectivity index (χ2v) is 2.95. The van der Waals surface area contributed by atoms with Gasteiger partial charge in [0.05, 0.1) is 11.6 Å². The van der Waals surface area contributed by atoms with E-state index in [4.69, 9.17) is 5.26 Å². The summed E-state index contributed by atoms with van der Waals surface area (Å²) in [6.45, 7) is 2.01. The van der Waals surface area contributed by atoms with Gasteiger partial charge in [0, 0.05) is 5.33 Å². The molecule has 1 rings (SSSR count). The highest BCUT2D eigenvalue weighted by atomic mass is 79.9. The van der Waals surface area contributed by atoms with E-state index in [1.54, 1.807) is 0 Å². The third kappa shape index (κ3) is 1.81. The maximum absolute atomic E-state index is 8.56. The number of aryl methyl sites for hydroxylation is 1. The zero-order valence-corrected chi connectivity index (χ0v) is 7.85. The lowest BCUT2D eigenvalue weighted by atomic mass is 10.1. The van der Waals surface area contributed by atoms with Crippen LogP contribution in [-0.4, -0.2) is 0 Å². The van der Waals surface area contributed by atoms with Gasteiger partial charge in [-0.1, -0.05) is 22.0 Å². The van der Waals surface area contributed by atoms with E-state index >= 15 is 0 Å². The monoisotopic (exact) mass is 209 g/mol. The lowest BCUT2D eigenvalue weighted by Gasteiger charge is -2.00. The highest BCUT2D eigenvalue weighted by molar-refractivity contribution is 9.08. The van der Waals surface area contributed by atoms with Crippen LogP contribution in [0.2, 0.25) is 0 Å².